The molecule has 0 spiro atoms. The molecule has 27 heavy (non-hydrogen) atoms. The van der Waals surface area contributed by atoms with Gasteiger partial charge in [0.1, 0.15) is 11.6 Å². The van der Waals surface area contributed by atoms with E-state index in [1.807, 2.05) is 6.92 Å². The Balaban J connectivity index is 1.99. The first-order valence-electron chi connectivity index (χ1n) is 8.64. The fourth-order valence-electron chi connectivity index (χ4n) is 2.74. The van der Waals surface area contributed by atoms with E-state index in [4.69, 9.17) is 4.74 Å². The van der Waals surface area contributed by atoms with Crippen LogP contribution >= 0.6 is 0 Å². The molecule has 0 atom stereocenters. The number of ether oxygens (including phenoxy) is 1. The highest BCUT2D eigenvalue weighted by Crippen LogP contribution is 2.39. The van der Waals surface area contributed by atoms with E-state index >= 15 is 0 Å². The summed E-state index contributed by atoms with van der Waals surface area (Å²) >= 11 is 0. The first-order chi connectivity index (χ1) is 13.0. The summed E-state index contributed by atoms with van der Waals surface area (Å²) in [6, 6.07) is 6.51. The van der Waals surface area contributed by atoms with E-state index in [9.17, 15) is 14.9 Å². The summed E-state index contributed by atoms with van der Waals surface area (Å²) in [7, 11) is 1.31. The van der Waals surface area contributed by atoms with Gasteiger partial charge in [0.05, 0.1) is 12.0 Å². The van der Waals surface area contributed by atoms with Crippen LogP contribution in [-0.2, 0) is 11.3 Å². The molecule has 1 fully saturated rings. The molecule has 0 unspecified atom stereocenters. The SMILES string of the molecule is C/C=C\c1c(NCc2ccccc2[N+](=O)[O-])nc(C2CC2)nc1C(=O)OC. The van der Waals surface area contributed by atoms with E-state index in [-0.39, 0.29) is 23.8 Å². The Morgan fingerprint density at radius 1 is 1.37 bits per heavy atom. The van der Waals surface area contributed by atoms with E-state index in [0.29, 0.717) is 22.8 Å². The minimum Gasteiger partial charge on any atom is -0.464 e. The quantitative estimate of drug-likeness (QED) is 0.451. The number of rotatable bonds is 7. The summed E-state index contributed by atoms with van der Waals surface area (Å²) in [6.45, 7) is 2.02. The normalized spacial score (nSPS) is 13.6. The summed E-state index contributed by atoms with van der Waals surface area (Å²) in [5.74, 6) is 0.748. The summed E-state index contributed by atoms with van der Waals surface area (Å²) < 4.78 is 4.87. The molecule has 0 amide bonds. The smallest absolute Gasteiger partial charge is 0.357 e. The second-order valence-corrected chi connectivity index (χ2v) is 6.20. The predicted molar refractivity (Wildman–Crippen MR) is 100 cm³/mol. The van der Waals surface area contributed by atoms with Crippen LogP contribution in [-0.4, -0.2) is 28.0 Å². The zero-order valence-corrected chi connectivity index (χ0v) is 15.1. The van der Waals surface area contributed by atoms with Gasteiger partial charge >= 0.3 is 5.97 Å². The highest BCUT2D eigenvalue weighted by molar-refractivity contribution is 5.93. The van der Waals surface area contributed by atoms with Gasteiger partial charge in [-0.25, -0.2) is 14.8 Å². The van der Waals surface area contributed by atoms with Crippen molar-refractivity contribution < 1.29 is 14.5 Å². The van der Waals surface area contributed by atoms with Crippen LogP contribution in [0.3, 0.4) is 0 Å². The van der Waals surface area contributed by atoms with Crippen molar-refractivity contribution in [1.82, 2.24) is 9.97 Å². The van der Waals surface area contributed by atoms with Gasteiger partial charge < -0.3 is 10.1 Å². The number of hydrogen-bond acceptors (Lipinski definition) is 7. The summed E-state index contributed by atoms with van der Waals surface area (Å²) in [6.07, 6.45) is 5.46. The van der Waals surface area contributed by atoms with Crippen LogP contribution in [0.2, 0.25) is 0 Å². The minimum absolute atomic E-state index is 0.0299. The number of anilines is 1. The fraction of sp³-hybridized carbons (Fsp3) is 0.316. The van der Waals surface area contributed by atoms with Crippen LogP contribution in [0.5, 0.6) is 0 Å². The lowest BCUT2D eigenvalue weighted by Crippen LogP contribution is -2.14. The van der Waals surface area contributed by atoms with Gasteiger partial charge in [-0.2, -0.15) is 0 Å². The van der Waals surface area contributed by atoms with Crippen molar-refractivity contribution in [3.05, 3.63) is 63.1 Å². The number of nitrogens with zero attached hydrogens (tertiary/aromatic N) is 3. The van der Waals surface area contributed by atoms with Gasteiger partial charge in [0, 0.05) is 29.7 Å². The summed E-state index contributed by atoms with van der Waals surface area (Å²) in [5.41, 5.74) is 1.26. The zero-order valence-electron chi connectivity index (χ0n) is 15.1. The van der Waals surface area contributed by atoms with Gasteiger partial charge in [0.2, 0.25) is 0 Å². The van der Waals surface area contributed by atoms with Crippen LogP contribution in [0.25, 0.3) is 6.08 Å². The minimum atomic E-state index is -0.541. The molecule has 2 aromatic rings. The van der Waals surface area contributed by atoms with E-state index < -0.39 is 10.9 Å². The third-order valence-electron chi connectivity index (χ3n) is 4.25. The third-order valence-corrected chi connectivity index (χ3v) is 4.25. The molecule has 0 bridgehead atoms. The number of nitro benzene ring substituents is 1. The van der Waals surface area contributed by atoms with Crippen molar-refractivity contribution in [3.63, 3.8) is 0 Å². The van der Waals surface area contributed by atoms with Crippen molar-refractivity contribution in [2.75, 3.05) is 12.4 Å². The lowest BCUT2D eigenvalue weighted by atomic mass is 10.1. The maximum Gasteiger partial charge on any atom is 0.357 e. The molecule has 1 aromatic carbocycles. The Labute approximate surface area is 156 Å². The average molecular weight is 368 g/mol. The second kappa shape index (κ2) is 7.94. The number of esters is 1. The number of aromatic nitrogens is 2. The Morgan fingerprint density at radius 2 is 2.11 bits per heavy atom. The van der Waals surface area contributed by atoms with Gasteiger partial charge in [-0.05, 0) is 19.8 Å². The highest BCUT2D eigenvalue weighted by Gasteiger charge is 2.30. The number of para-hydroxylation sites is 1. The Hall–Kier alpha value is -3.29. The number of hydrogen-bond donors (Lipinski definition) is 1. The lowest BCUT2D eigenvalue weighted by Gasteiger charge is -2.13. The zero-order chi connectivity index (χ0) is 19.4. The van der Waals surface area contributed by atoms with E-state index in [1.165, 1.54) is 13.2 Å². The monoisotopic (exact) mass is 368 g/mol. The molecule has 1 N–H and O–H groups in total. The van der Waals surface area contributed by atoms with Crippen molar-refractivity contribution in [2.24, 2.45) is 0 Å². The first-order valence-corrected chi connectivity index (χ1v) is 8.64. The van der Waals surface area contributed by atoms with Gasteiger partial charge in [-0.15, -0.1) is 0 Å². The number of carbonyl (C=O) groups excluding carboxylic acids is 1. The second-order valence-electron chi connectivity index (χ2n) is 6.20. The van der Waals surface area contributed by atoms with E-state index in [1.54, 1.807) is 30.4 Å². The molecule has 8 heteroatoms. The Kier molecular flexibility index (Phi) is 5.44. The molecule has 0 saturated heterocycles. The van der Waals surface area contributed by atoms with Gasteiger partial charge in [0.25, 0.3) is 5.69 Å². The lowest BCUT2D eigenvalue weighted by molar-refractivity contribution is -0.385. The molecule has 3 rings (SSSR count). The van der Waals surface area contributed by atoms with Crippen molar-refractivity contribution in [3.8, 4) is 0 Å². The molecule has 0 radical (unpaired) electrons. The number of nitro groups is 1. The van der Waals surface area contributed by atoms with Crippen LogP contribution in [0, 0.1) is 10.1 Å². The van der Waals surface area contributed by atoms with Crippen LogP contribution < -0.4 is 5.32 Å². The molecule has 1 aliphatic rings. The fourth-order valence-corrected chi connectivity index (χ4v) is 2.74. The van der Waals surface area contributed by atoms with Crippen LogP contribution in [0.4, 0.5) is 11.5 Å². The maximum atomic E-state index is 12.2. The molecule has 140 valence electrons. The molecule has 8 nitrogen and oxygen atoms in total. The predicted octanol–water partition coefficient (Wildman–Crippen LogP) is 3.69. The van der Waals surface area contributed by atoms with Crippen molar-refractivity contribution in [1.29, 1.82) is 0 Å². The maximum absolute atomic E-state index is 12.2. The largest absolute Gasteiger partial charge is 0.464 e. The topological polar surface area (TPSA) is 107 Å². The summed E-state index contributed by atoms with van der Waals surface area (Å²) in [4.78, 5) is 32.0. The molecular weight excluding hydrogens is 348 g/mol. The highest BCUT2D eigenvalue weighted by atomic mass is 16.6. The standard InChI is InChI=1S/C19H20N4O4/c1-3-6-14-16(19(24)27-2)21-17(12-9-10-12)22-18(14)20-11-13-7-4-5-8-15(13)23(25)26/h3-8,12H,9-11H2,1-2H3,(H,20,21,22)/b6-3-. The Morgan fingerprint density at radius 3 is 2.74 bits per heavy atom. The first kappa shape index (κ1) is 18.5. The van der Waals surface area contributed by atoms with E-state index in [2.05, 4.69) is 15.3 Å². The average Bonchev–Trinajstić information content (AvgIpc) is 3.52. The van der Waals surface area contributed by atoms with Gasteiger partial charge in [-0.1, -0.05) is 30.4 Å². The van der Waals surface area contributed by atoms with Crippen molar-refractivity contribution in [2.45, 2.75) is 32.2 Å². The molecule has 0 aliphatic heterocycles. The number of carbonyl (C=O) groups is 1. The summed E-state index contributed by atoms with van der Waals surface area (Å²) in [5, 5.41) is 14.4. The van der Waals surface area contributed by atoms with E-state index in [0.717, 1.165) is 12.8 Å². The van der Waals surface area contributed by atoms with Crippen LogP contribution in [0.15, 0.2) is 30.3 Å². The number of allylic oxidation sites excluding steroid dienone is 1. The Bertz CT molecular complexity index is 907. The number of benzene rings is 1. The third kappa shape index (κ3) is 4.11. The molecule has 1 saturated carbocycles. The van der Waals surface area contributed by atoms with Gasteiger partial charge in [0.15, 0.2) is 5.69 Å². The van der Waals surface area contributed by atoms with Crippen LogP contribution in [0.1, 0.15) is 53.1 Å². The molecule has 1 aromatic heterocycles. The number of methoxy groups -OCH3 is 1. The molecular formula is C19H20N4O4. The van der Waals surface area contributed by atoms with Gasteiger partial charge in [-0.3, -0.25) is 10.1 Å². The molecule has 1 heterocycles. The molecule has 1 aliphatic carbocycles. The number of nitrogens with one attached hydrogen (secondary N) is 1. The van der Waals surface area contributed by atoms with Crippen molar-refractivity contribution >= 4 is 23.6 Å².